The second-order valence-corrected chi connectivity index (χ2v) is 5.29. The number of carboxylic acid groups (broad SMARTS) is 1. The van der Waals surface area contributed by atoms with Crippen LogP contribution in [-0.4, -0.2) is 52.6 Å². The van der Waals surface area contributed by atoms with E-state index >= 15 is 0 Å². The minimum absolute atomic E-state index is 0.0957. The number of nitro benzene ring substituents is 1. The zero-order valence-corrected chi connectivity index (χ0v) is 11.6. The van der Waals surface area contributed by atoms with Crippen LogP contribution in [0, 0.1) is 10.1 Å². The monoisotopic (exact) mass is 306 g/mol. The third kappa shape index (κ3) is 2.41. The number of fused-ring (bicyclic) bond motifs is 3. The molecule has 0 radical (unpaired) electrons. The molecule has 2 aliphatic heterocycles. The first-order chi connectivity index (χ1) is 10.5. The van der Waals surface area contributed by atoms with Crippen molar-refractivity contribution in [1.82, 2.24) is 4.90 Å². The Labute approximate surface area is 125 Å². The fourth-order valence-corrected chi connectivity index (χ4v) is 2.92. The van der Waals surface area contributed by atoms with E-state index in [1.54, 1.807) is 6.07 Å². The number of amides is 2. The Morgan fingerprint density at radius 2 is 2.18 bits per heavy atom. The van der Waals surface area contributed by atoms with Gasteiger partial charge in [-0.15, -0.1) is 0 Å². The Morgan fingerprint density at radius 3 is 2.86 bits per heavy atom. The van der Waals surface area contributed by atoms with Crippen molar-refractivity contribution in [2.75, 3.05) is 29.9 Å². The topological polar surface area (TPSA) is 116 Å². The number of carbonyl (C=O) groups excluding carboxylic acids is 1. The molecule has 0 saturated carbocycles. The Morgan fingerprint density at radius 1 is 1.41 bits per heavy atom. The minimum atomic E-state index is -1.01. The second-order valence-electron chi connectivity index (χ2n) is 5.29. The van der Waals surface area contributed by atoms with Crippen molar-refractivity contribution >= 4 is 29.1 Å². The fourth-order valence-electron chi connectivity index (χ4n) is 2.92. The number of carbonyl (C=O) groups is 2. The van der Waals surface area contributed by atoms with E-state index in [0.29, 0.717) is 24.5 Å². The number of hydrogen-bond donors (Lipinski definition) is 2. The lowest BCUT2D eigenvalue weighted by atomic mass is 10.1. The molecule has 2 aliphatic rings. The van der Waals surface area contributed by atoms with Gasteiger partial charge < -0.3 is 20.2 Å². The maximum absolute atomic E-state index is 12.0. The van der Waals surface area contributed by atoms with Gasteiger partial charge >= 0.3 is 6.09 Å². The number of nitrogens with zero attached hydrogens (tertiary/aromatic N) is 3. The van der Waals surface area contributed by atoms with Crippen molar-refractivity contribution in [2.45, 2.75) is 12.5 Å². The number of nitro groups is 1. The molecule has 116 valence electrons. The van der Waals surface area contributed by atoms with Gasteiger partial charge in [-0.3, -0.25) is 14.9 Å². The van der Waals surface area contributed by atoms with Gasteiger partial charge in [-0.2, -0.15) is 0 Å². The van der Waals surface area contributed by atoms with Gasteiger partial charge in [0.05, 0.1) is 22.3 Å². The second kappa shape index (κ2) is 5.17. The summed E-state index contributed by atoms with van der Waals surface area (Å²) in [7, 11) is 0. The summed E-state index contributed by atoms with van der Waals surface area (Å²) < 4.78 is 0. The van der Waals surface area contributed by atoms with E-state index in [9.17, 15) is 19.7 Å². The van der Waals surface area contributed by atoms with Crippen LogP contribution < -0.4 is 10.2 Å². The van der Waals surface area contributed by atoms with Crippen molar-refractivity contribution in [1.29, 1.82) is 0 Å². The summed E-state index contributed by atoms with van der Waals surface area (Å²) in [5.41, 5.74) is 0.985. The molecular weight excluding hydrogens is 292 g/mol. The van der Waals surface area contributed by atoms with Crippen LogP contribution in [0.2, 0.25) is 0 Å². The number of piperazine rings is 1. The predicted octanol–water partition coefficient (Wildman–Crippen LogP) is 1.11. The maximum atomic E-state index is 12.0. The van der Waals surface area contributed by atoms with Gasteiger partial charge in [0.1, 0.15) is 0 Å². The first-order valence-electron chi connectivity index (χ1n) is 6.78. The summed E-state index contributed by atoms with van der Waals surface area (Å²) in [6.45, 7) is 1.01. The van der Waals surface area contributed by atoms with Gasteiger partial charge in [0.25, 0.3) is 5.69 Å². The lowest BCUT2D eigenvalue weighted by Gasteiger charge is -2.40. The van der Waals surface area contributed by atoms with Gasteiger partial charge in [0.2, 0.25) is 5.91 Å². The molecule has 3 rings (SSSR count). The molecule has 2 amide bonds. The number of non-ortho nitro benzene ring substituents is 1. The largest absolute Gasteiger partial charge is 0.465 e. The van der Waals surface area contributed by atoms with Crippen LogP contribution in [0.4, 0.5) is 21.9 Å². The molecule has 1 aromatic carbocycles. The lowest BCUT2D eigenvalue weighted by Crippen LogP contribution is -2.54. The van der Waals surface area contributed by atoms with Crippen molar-refractivity contribution in [3.8, 4) is 0 Å². The molecule has 2 heterocycles. The SMILES string of the molecule is O=C1CC2CN(C(=O)O)CCN2c2ccc([N+](=O)[O-])cc2N1. The maximum Gasteiger partial charge on any atom is 0.407 e. The highest BCUT2D eigenvalue weighted by Gasteiger charge is 2.35. The van der Waals surface area contributed by atoms with Crippen LogP contribution in [0.25, 0.3) is 0 Å². The molecule has 1 saturated heterocycles. The van der Waals surface area contributed by atoms with Crippen molar-refractivity contribution in [2.24, 2.45) is 0 Å². The molecule has 1 aromatic rings. The van der Waals surface area contributed by atoms with E-state index in [0.717, 1.165) is 0 Å². The van der Waals surface area contributed by atoms with Gasteiger partial charge in [-0.25, -0.2) is 4.79 Å². The highest BCUT2D eigenvalue weighted by atomic mass is 16.6. The molecule has 22 heavy (non-hydrogen) atoms. The first-order valence-corrected chi connectivity index (χ1v) is 6.78. The van der Waals surface area contributed by atoms with Crippen molar-refractivity contribution in [3.05, 3.63) is 28.3 Å². The van der Waals surface area contributed by atoms with Gasteiger partial charge in [0, 0.05) is 38.2 Å². The van der Waals surface area contributed by atoms with E-state index in [4.69, 9.17) is 5.11 Å². The third-order valence-electron chi connectivity index (χ3n) is 3.95. The van der Waals surface area contributed by atoms with Gasteiger partial charge in [0.15, 0.2) is 0 Å². The van der Waals surface area contributed by atoms with Crippen LogP contribution >= 0.6 is 0 Å². The quantitative estimate of drug-likeness (QED) is 0.593. The molecule has 9 heteroatoms. The smallest absolute Gasteiger partial charge is 0.407 e. The highest BCUT2D eigenvalue weighted by Crippen LogP contribution is 2.35. The summed E-state index contributed by atoms with van der Waals surface area (Å²) in [5, 5.41) is 22.6. The van der Waals surface area contributed by atoms with Crippen LogP contribution in [0.15, 0.2) is 18.2 Å². The minimum Gasteiger partial charge on any atom is -0.465 e. The van der Waals surface area contributed by atoms with Crippen LogP contribution in [0.1, 0.15) is 6.42 Å². The zero-order valence-electron chi connectivity index (χ0n) is 11.6. The van der Waals surface area contributed by atoms with E-state index in [1.807, 2.05) is 4.90 Å². The van der Waals surface area contributed by atoms with Gasteiger partial charge in [-0.05, 0) is 6.07 Å². The molecule has 2 N–H and O–H groups in total. The average Bonchev–Trinajstić information content (AvgIpc) is 2.60. The van der Waals surface area contributed by atoms with E-state index in [-0.39, 0.29) is 30.6 Å². The number of rotatable bonds is 1. The van der Waals surface area contributed by atoms with E-state index in [1.165, 1.54) is 17.0 Å². The fraction of sp³-hybridized carbons (Fsp3) is 0.385. The standard InChI is InChI=1S/C13H14N4O5/c18-12-6-9-7-15(13(19)20)3-4-16(9)11-2-1-8(17(21)22)5-10(11)14-12/h1-2,5,9H,3-4,6-7H2,(H,14,18)(H,19,20). The molecular formula is C13H14N4O5. The van der Waals surface area contributed by atoms with Gasteiger partial charge in [-0.1, -0.05) is 0 Å². The predicted molar refractivity (Wildman–Crippen MR) is 77.1 cm³/mol. The van der Waals surface area contributed by atoms with Crippen LogP contribution in [-0.2, 0) is 4.79 Å². The third-order valence-corrected chi connectivity index (χ3v) is 3.95. The molecule has 1 atom stereocenters. The Kier molecular flexibility index (Phi) is 3.32. The summed E-state index contributed by atoms with van der Waals surface area (Å²) in [6, 6.07) is 4.05. The summed E-state index contributed by atoms with van der Waals surface area (Å²) in [5.74, 6) is -0.276. The normalized spacial score (nSPS) is 20.5. The van der Waals surface area contributed by atoms with E-state index in [2.05, 4.69) is 5.32 Å². The summed E-state index contributed by atoms with van der Waals surface area (Å²) in [6.07, 6.45) is -0.861. The number of benzene rings is 1. The first kappa shape index (κ1) is 14.1. The van der Waals surface area contributed by atoms with Crippen molar-refractivity contribution < 1.29 is 19.6 Å². The molecule has 9 nitrogen and oxygen atoms in total. The summed E-state index contributed by atoms with van der Waals surface area (Å²) >= 11 is 0. The number of anilines is 2. The number of nitrogens with one attached hydrogen (secondary N) is 1. The molecule has 0 aromatic heterocycles. The lowest BCUT2D eigenvalue weighted by molar-refractivity contribution is -0.384. The zero-order chi connectivity index (χ0) is 15.9. The Hall–Kier alpha value is -2.84. The molecule has 0 spiro atoms. The van der Waals surface area contributed by atoms with Crippen LogP contribution in [0.3, 0.4) is 0 Å². The molecule has 1 unspecified atom stereocenters. The van der Waals surface area contributed by atoms with Crippen molar-refractivity contribution in [3.63, 3.8) is 0 Å². The highest BCUT2D eigenvalue weighted by molar-refractivity contribution is 5.97. The molecule has 1 fully saturated rings. The Bertz CT molecular complexity index is 662. The van der Waals surface area contributed by atoms with E-state index < -0.39 is 11.0 Å². The number of hydrogen-bond acceptors (Lipinski definition) is 5. The molecule has 0 bridgehead atoms. The Balaban J connectivity index is 1.97. The summed E-state index contributed by atoms with van der Waals surface area (Å²) in [4.78, 5) is 36.6. The average molecular weight is 306 g/mol. The molecule has 0 aliphatic carbocycles. The van der Waals surface area contributed by atoms with Crippen LogP contribution in [0.5, 0.6) is 0 Å².